The van der Waals surface area contributed by atoms with Crippen LogP contribution < -0.4 is 17.2 Å². The average Bonchev–Trinajstić information content (AvgIpc) is 2.76. The van der Waals surface area contributed by atoms with Gasteiger partial charge in [0, 0.05) is 0 Å². The quantitative estimate of drug-likeness (QED) is 0.318. The Kier molecular flexibility index (Phi) is 18.2. The van der Waals surface area contributed by atoms with E-state index in [0.29, 0.717) is 33.8 Å². The van der Waals surface area contributed by atoms with Crippen molar-refractivity contribution in [1.29, 1.82) is 0 Å². The summed E-state index contributed by atoms with van der Waals surface area (Å²) in [5.74, 6) is 0. The molecule has 0 unspecified atom stereocenters. The maximum Gasteiger partial charge on any atom is 4.00 e. The van der Waals surface area contributed by atoms with Crippen molar-refractivity contribution in [2.45, 2.75) is 13.8 Å². The Balaban J connectivity index is 0. The summed E-state index contributed by atoms with van der Waals surface area (Å²) in [4.78, 5) is 30.1. The minimum Gasteiger partial charge on any atom is -0.449 e. The van der Waals surface area contributed by atoms with Gasteiger partial charge in [0.1, 0.15) is 0 Å². The maximum absolute atomic E-state index is 10.0. The van der Waals surface area contributed by atoms with Crippen LogP contribution in [0.2, 0.25) is 0 Å². The Morgan fingerprint density at radius 2 is 0.742 bits per heavy atom. The SMILES string of the molecule is C[CH-]C.Nc1ccccc1[C-]=O.Nc1ccccc1[C-]=O.Nc1ccccc1[C-]=O.[Ti+4]. The zero-order valence-electron chi connectivity index (χ0n) is 17.5. The number of rotatable bonds is 3. The van der Waals surface area contributed by atoms with Crippen LogP contribution in [-0.4, -0.2) is 18.9 Å². The van der Waals surface area contributed by atoms with E-state index in [1.54, 1.807) is 91.7 Å². The van der Waals surface area contributed by atoms with Crippen LogP contribution in [0, 0.1) is 6.42 Å². The van der Waals surface area contributed by atoms with Crippen LogP contribution in [0.4, 0.5) is 17.1 Å². The molecule has 31 heavy (non-hydrogen) atoms. The van der Waals surface area contributed by atoms with Gasteiger partial charge in [0.05, 0.1) is 18.9 Å². The first kappa shape index (κ1) is 30.0. The second kappa shape index (κ2) is 18.8. The molecule has 0 atom stereocenters. The third-order valence-corrected chi connectivity index (χ3v) is 3.21. The van der Waals surface area contributed by atoms with Crippen LogP contribution in [0.25, 0.3) is 0 Å². The molecule has 0 aromatic heterocycles. The van der Waals surface area contributed by atoms with Gasteiger partial charge in [-0.3, -0.25) is 0 Å². The van der Waals surface area contributed by atoms with Crippen molar-refractivity contribution < 1.29 is 36.1 Å². The number of para-hydroxylation sites is 3. The van der Waals surface area contributed by atoms with Gasteiger partial charge in [0.25, 0.3) is 0 Å². The molecule has 0 saturated heterocycles. The van der Waals surface area contributed by atoms with Gasteiger partial charge in [-0.25, -0.2) is 0 Å². The van der Waals surface area contributed by atoms with Gasteiger partial charge in [-0.15, -0.1) is 34.9 Å². The van der Waals surface area contributed by atoms with Crippen molar-refractivity contribution in [2.24, 2.45) is 0 Å². The van der Waals surface area contributed by atoms with E-state index in [1.165, 1.54) is 0 Å². The fraction of sp³-hybridized carbons (Fsp3) is 0.0833. The number of hydrogen-bond acceptors (Lipinski definition) is 6. The van der Waals surface area contributed by atoms with Crippen molar-refractivity contribution in [1.82, 2.24) is 0 Å². The van der Waals surface area contributed by atoms with E-state index in [0.717, 1.165) is 0 Å². The number of nitrogens with two attached hydrogens (primary N) is 3. The molecule has 0 saturated carbocycles. The van der Waals surface area contributed by atoms with Crippen LogP contribution in [0.1, 0.15) is 30.5 Å². The van der Waals surface area contributed by atoms with Gasteiger partial charge in [0.15, 0.2) is 0 Å². The number of anilines is 3. The smallest absolute Gasteiger partial charge is 0.449 e. The Morgan fingerprint density at radius 1 is 0.548 bits per heavy atom. The van der Waals surface area contributed by atoms with Crippen molar-refractivity contribution in [2.75, 3.05) is 17.2 Å². The fourth-order valence-electron chi connectivity index (χ4n) is 1.77. The van der Waals surface area contributed by atoms with Crippen LogP contribution in [-0.2, 0) is 36.1 Å². The molecule has 158 valence electrons. The number of nitrogen functional groups attached to an aromatic ring is 3. The van der Waals surface area contributed by atoms with Crippen LogP contribution in [0.3, 0.4) is 0 Å². The molecule has 3 aromatic carbocycles. The molecule has 7 heteroatoms. The van der Waals surface area contributed by atoms with E-state index >= 15 is 0 Å². The van der Waals surface area contributed by atoms with Gasteiger partial charge in [-0.2, -0.15) is 32.0 Å². The van der Waals surface area contributed by atoms with E-state index in [1.807, 2.05) is 20.3 Å². The summed E-state index contributed by atoms with van der Waals surface area (Å²) >= 11 is 0. The largest absolute Gasteiger partial charge is 4.00 e. The molecule has 0 aliphatic carbocycles. The fourth-order valence-corrected chi connectivity index (χ4v) is 1.77. The molecule has 0 fully saturated rings. The third-order valence-electron chi connectivity index (χ3n) is 3.21. The topological polar surface area (TPSA) is 129 Å². The Hall–Kier alpha value is -3.22. The minimum absolute atomic E-state index is 0. The molecule has 3 rings (SSSR count). The van der Waals surface area contributed by atoms with Crippen molar-refractivity contribution in [3.05, 3.63) is 95.9 Å². The van der Waals surface area contributed by atoms with Gasteiger partial charge in [0.2, 0.25) is 0 Å². The van der Waals surface area contributed by atoms with Gasteiger partial charge < -0.3 is 38.0 Å². The molecular weight excluding hydrogens is 426 g/mol. The molecule has 0 amide bonds. The maximum atomic E-state index is 10.0. The second-order valence-electron chi connectivity index (χ2n) is 5.65. The van der Waals surface area contributed by atoms with Crippen LogP contribution >= 0.6 is 0 Å². The van der Waals surface area contributed by atoms with Gasteiger partial charge in [-0.1, -0.05) is 53.5 Å². The molecule has 3 aromatic rings. The summed E-state index contributed by atoms with van der Waals surface area (Å²) < 4.78 is 0. The van der Waals surface area contributed by atoms with Crippen LogP contribution in [0.5, 0.6) is 0 Å². The predicted octanol–water partition coefficient (Wildman–Crippen LogP) is 3.41. The van der Waals surface area contributed by atoms with Gasteiger partial charge >= 0.3 is 21.7 Å². The third kappa shape index (κ3) is 12.8. The number of benzene rings is 3. The molecule has 0 heterocycles. The second-order valence-corrected chi connectivity index (χ2v) is 5.65. The molecule has 0 spiro atoms. The summed E-state index contributed by atoms with van der Waals surface area (Å²) in [6, 6.07) is 20.4. The first-order valence-electron chi connectivity index (χ1n) is 8.87. The Labute approximate surface area is 198 Å². The normalized spacial score (nSPS) is 8.32. The Bertz CT molecular complexity index is 800. The van der Waals surface area contributed by atoms with E-state index in [4.69, 9.17) is 17.2 Å². The van der Waals surface area contributed by atoms with E-state index < -0.39 is 0 Å². The summed E-state index contributed by atoms with van der Waals surface area (Å²) in [5, 5.41) is 0. The Morgan fingerprint density at radius 3 is 0.871 bits per heavy atom. The summed E-state index contributed by atoms with van der Waals surface area (Å²) in [6.45, 7) is 4.00. The molecule has 0 aliphatic rings. The standard InChI is InChI=1S/3C7H6NO.C3H7.Ti/c3*8-7-4-2-1-3-6(7)5-9;1-3-2;/h3*1-4H,8H2;3H,1-2H3;/q4*-1;+4. The number of hydrogen-bond donors (Lipinski definition) is 3. The zero-order valence-corrected chi connectivity index (χ0v) is 19.0. The molecular formula is C24H25N3O3Ti. The average molecular weight is 451 g/mol. The van der Waals surface area contributed by atoms with E-state index in [-0.39, 0.29) is 21.7 Å². The summed E-state index contributed by atoms with van der Waals surface area (Å²) in [5.41, 5.74) is 18.8. The zero-order chi connectivity index (χ0) is 22.8. The summed E-state index contributed by atoms with van der Waals surface area (Å²) in [6.07, 6.45) is 7.16. The predicted molar refractivity (Wildman–Crippen MR) is 123 cm³/mol. The molecule has 6 N–H and O–H groups in total. The molecule has 0 bridgehead atoms. The molecule has 0 aliphatic heterocycles. The first-order valence-corrected chi connectivity index (χ1v) is 8.87. The van der Waals surface area contributed by atoms with Gasteiger partial charge in [-0.05, 0) is 0 Å². The first-order chi connectivity index (χ1) is 14.4. The van der Waals surface area contributed by atoms with Crippen molar-refractivity contribution in [3.8, 4) is 0 Å². The summed E-state index contributed by atoms with van der Waals surface area (Å²) in [7, 11) is 0. The number of carbonyl (C=O) groups excluding carboxylic acids is 3. The van der Waals surface area contributed by atoms with Crippen LogP contribution in [0.15, 0.2) is 72.8 Å². The van der Waals surface area contributed by atoms with Crippen molar-refractivity contribution >= 4 is 35.9 Å². The van der Waals surface area contributed by atoms with Crippen molar-refractivity contribution in [3.63, 3.8) is 0 Å². The minimum atomic E-state index is 0. The van der Waals surface area contributed by atoms with E-state index in [9.17, 15) is 14.4 Å². The molecule has 6 nitrogen and oxygen atoms in total. The molecule has 0 radical (unpaired) electrons. The monoisotopic (exact) mass is 451 g/mol. The van der Waals surface area contributed by atoms with E-state index in [2.05, 4.69) is 0 Å².